The minimum absolute atomic E-state index is 0.0443. The van der Waals surface area contributed by atoms with Gasteiger partial charge in [-0.15, -0.1) is 0 Å². The summed E-state index contributed by atoms with van der Waals surface area (Å²) in [6.07, 6.45) is -6.34. The molecule has 4 heterocycles. The number of aliphatic hydroxyl groups is 2. The first kappa shape index (κ1) is 28.0. The van der Waals surface area contributed by atoms with Crippen molar-refractivity contribution in [2.45, 2.75) is 63.6 Å². The maximum absolute atomic E-state index is 12.2. The first-order valence-electron chi connectivity index (χ1n) is 11.3. The van der Waals surface area contributed by atoms with Crippen LogP contribution in [0.1, 0.15) is 36.4 Å². The van der Waals surface area contributed by atoms with E-state index < -0.39 is 72.2 Å². The van der Waals surface area contributed by atoms with Crippen molar-refractivity contribution in [2.75, 3.05) is 13.2 Å². The van der Waals surface area contributed by atoms with Crippen LogP contribution in [0.2, 0.25) is 0 Å². The molecule has 2 fully saturated rings. The van der Waals surface area contributed by atoms with Gasteiger partial charge >= 0.3 is 216 Å². The fourth-order valence-electron chi connectivity index (χ4n) is 4.15. The summed E-state index contributed by atoms with van der Waals surface area (Å²) in [6, 6.07) is 0. The number of nitrogens with one attached hydrogen (secondary N) is 2. The predicted octanol–water partition coefficient (Wildman–Crippen LogP) is -2.13. The molecule has 0 aliphatic carbocycles. The molecule has 0 aromatic carbocycles. The number of hydrogen-bond acceptors (Lipinski definition) is 11. The number of aliphatic hydroxyl groups excluding tert-OH is 2. The maximum atomic E-state index is 12.2. The van der Waals surface area contributed by atoms with E-state index in [4.69, 9.17) is 18.5 Å². The Balaban J connectivity index is 1.39. The second-order valence-corrected chi connectivity index (χ2v) is 13.2. The summed E-state index contributed by atoms with van der Waals surface area (Å²) in [6.45, 7) is 2.28. The van der Waals surface area contributed by atoms with Gasteiger partial charge in [0.2, 0.25) is 0 Å². The van der Waals surface area contributed by atoms with Gasteiger partial charge in [-0.05, 0) is 0 Å². The molecule has 7 atom stereocenters. The average molecular weight is 609 g/mol. The van der Waals surface area contributed by atoms with Gasteiger partial charge in [0.15, 0.2) is 0 Å². The molecule has 0 radical (unpaired) electrons. The van der Waals surface area contributed by atoms with Gasteiger partial charge < -0.3 is 0 Å². The molecule has 2 aliphatic heterocycles. The Morgan fingerprint density at radius 3 is 2.05 bits per heavy atom. The monoisotopic (exact) mass is 610 g/mol. The van der Waals surface area contributed by atoms with Crippen LogP contribution in [0.25, 0.3) is 0 Å². The van der Waals surface area contributed by atoms with Gasteiger partial charge in [0, 0.05) is 0 Å². The molecule has 5 N–H and O–H groups in total. The van der Waals surface area contributed by atoms with Crippen molar-refractivity contribution in [3.05, 3.63) is 65.2 Å². The van der Waals surface area contributed by atoms with Crippen LogP contribution in [0.15, 0.2) is 31.6 Å². The van der Waals surface area contributed by atoms with Gasteiger partial charge in [-0.3, -0.25) is 0 Å². The molecule has 15 nitrogen and oxygen atoms in total. The SMILES string of the molecule is Cc1cn([C@H]2C[C@H](O[P@](O)(=[Se])OC[C@H]3O[C@@H](n4cc(C)c(=O)[nH]c4=O)C[C@@H]3O)[C@@H](CO)O2)c(=O)[nH]c1=O. The molecule has 2 saturated heterocycles. The van der Waals surface area contributed by atoms with Crippen LogP contribution in [0.5, 0.6) is 0 Å². The van der Waals surface area contributed by atoms with Crippen molar-refractivity contribution in [2.24, 2.45) is 0 Å². The number of aryl methyl sites for hydroxylation is 2. The molecule has 17 heteroatoms. The first-order valence-corrected chi connectivity index (χ1v) is 15.1. The predicted molar refractivity (Wildman–Crippen MR) is 128 cm³/mol. The van der Waals surface area contributed by atoms with E-state index in [0.29, 0.717) is 5.56 Å². The van der Waals surface area contributed by atoms with Crippen molar-refractivity contribution >= 4 is 21.3 Å². The van der Waals surface area contributed by atoms with Crippen LogP contribution in [0.4, 0.5) is 0 Å². The molecular formula is C20H27N4O11PSe. The van der Waals surface area contributed by atoms with Crippen LogP contribution in [0.3, 0.4) is 0 Å². The second kappa shape index (κ2) is 11.0. The molecule has 0 spiro atoms. The van der Waals surface area contributed by atoms with Gasteiger partial charge in [-0.25, -0.2) is 0 Å². The van der Waals surface area contributed by atoms with E-state index in [-0.39, 0.29) is 25.0 Å². The number of hydrogen-bond donors (Lipinski definition) is 5. The van der Waals surface area contributed by atoms with E-state index in [2.05, 4.69) is 25.1 Å². The van der Waals surface area contributed by atoms with E-state index in [0.717, 1.165) is 4.57 Å². The molecule has 204 valence electrons. The molecule has 4 rings (SSSR count). The van der Waals surface area contributed by atoms with E-state index in [1.54, 1.807) is 0 Å². The number of rotatable bonds is 8. The Hall–Kier alpha value is -1.97. The quantitative estimate of drug-likeness (QED) is 0.161. The van der Waals surface area contributed by atoms with Gasteiger partial charge in [0.25, 0.3) is 0 Å². The van der Waals surface area contributed by atoms with Gasteiger partial charge in [-0.2, -0.15) is 0 Å². The third-order valence-corrected chi connectivity index (χ3v) is 8.37. The van der Waals surface area contributed by atoms with Gasteiger partial charge in [0.05, 0.1) is 0 Å². The third-order valence-electron chi connectivity index (χ3n) is 6.15. The zero-order valence-electron chi connectivity index (χ0n) is 19.8. The van der Waals surface area contributed by atoms with Crippen LogP contribution in [-0.2, 0) is 18.5 Å². The Labute approximate surface area is 216 Å². The molecule has 2 aromatic rings. The van der Waals surface area contributed by atoms with Crippen molar-refractivity contribution in [3.63, 3.8) is 0 Å². The van der Waals surface area contributed by atoms with Crippen LogP contribution >= 0.6 is 6.19 Å². The van der Waals surface area contributed by atoms with E-state index in [1.165, 1.54) is 30.8 Å². The number of nitrogens with zero attached hydrogens (tertiary/aromatic N) is 2. The van der Waals surface area contributed by atoms with E-state index >= 15 is 0 Å². The van der Waals surface area contributed by atoms with E-state index in [1.807, 2.05) is 0 Å². The second-order valence-electron chi connectivity index (χ2n) is 8.85. The number of H-pyrrole nitrogens is 2. The summed E-state index contributed by atoms with van der Waals surface area (Å²) in [7, 11) is 0. The fraction of sp³-hybridized carbons (Fsp3) is 0.600. The standard InChI is InChI=1S/C20H27N4O11PSe/c1-9-5-23(19(29)21-17(9)27)15-3-11(26)14(34-15)8-32-36(31,37)35-12-4-16(33-13(12)7-25)24-6-10(2)18(28)22-20(24)30/h5-6,11-16,25-26H,3-4,7-8H2,1-2H3,(H,31,37)(H,21,27,29)(H,22,28,30)/t11-,12-,13+,14+,15+,16+,36+/m0/s1. The van der Waals surface area contributed by atoms with Crippen molar-refractivity contribution in [1.82, 2.24) is 19.1 Å². The summed E-state index contributed by atoms with van der Waals surface area (Å²) in [5.74, 6) is 0. The number of aromatic nitrogens is 4. The molecule has 37 heavy (non-hydrogen) atoms. The normalized spacial score (nSPS) is 29.4. The number of aromatic amines is 2. The zero-order valence-corrected chi connectivity index (χ0v) is 22.4. The van der Waals surface area contributed by atoms with Gasteiger partial charge in [-0.1, -0.05) is 0 Å². The molecule has 2 aliphatic rings. The first-order chi connectivity index (χ1) is 17.4. The Morgan fingerprint density at radius 2 is 1.51 bits per heavy atom. The molecule has 2 aromatic heterocycles. The van der Waals surface area contributed by atoms with Crippen LogP contribution in [-0.4, -0.2) is 86.9 Å². The molecule has 0 bridgehead atoms. The molecule has 0 amide bonds. The van der Waals surface area contributed by atoms with E-state index in [9.17, 15) is 34.3 Å². The minimum atomic E-state index is -3.65. The zero-order chi connectivity index (χ0) is 27.1. The van der Waals surface area contributed by atoms with Crippen molar-refractivity contribution < 1.29 is 33.6 Å². The van der Waals surface area contributed by atoms with Crippen molar-refractivity contribution in [1.29, 1.82) is 0 Å². The Bertz CT molecular complexity index is 1430. The summed E-state index contributed by atoms with van der Waals surface area (Å²) >= 11 is 2.45. The molecular weight excluding hydrogens is 582 g/mol. The summed E-state index contributed by atoms with van der Waals surface area (Å²) in [5, 5.41) is 20.1. The Morgan fingerprint density at radius 1 is 1.00 bits per heavy atom. The van der Waals surface area contributed by atoms with Crippen LogP contribution in [0, 0.1) is 13.8 Å². The molecule has 0 saturated carbocycles. The number of ether oxygens (including phenoxy) is 2. The average Bonchev–Trinajstić information content (AvgIpc) is 3.39. The van der Waals surface area contributed by atoms with Gasteiger partial charge in [0.1, 0.15) is 0 Å². The topological polar surface area (TPSA) is 207 Å². The Kier molecular flexibility index (Phi) is 8.36. The van der Waals surface area contributed by atoms with Crippen molar-refractivity contribution in [3.8, 4) is 0 Å². The fourth-order valence-corrected chi connectivity index (χ4v) is 6.19. The summed E-state index contributed by atoms with van der Waals surface area (Å²) < 4.78 is 24.9. The third kappa shape index (κ3) is 6.20. The van der Waals surface area contributed by atoms with Crippen LogP contribution < -0.4 is 22.5 Å². The summed E-state index contributed by atoms with van der Waals surface area (Å²) in [5.41, 5.74) is -1.84. The molecule has 0 unspecified atom stereocenters. The summed E-state index contributed by atoms with van der Waals surface area (Å²) in [4.78, 5) is 62.7.